The summed E-state index contributed by atoms with van der Waals surface area (Å²) in [6, 6.07) is 7.33. The van der Waals surface area contributed by atoms with E-state index < -0.39 is 25.8 Å². The minimum absolute atomic E-state index is 0.0157. The largest absolute Gasteiger partial charge is 0.507 e. The van der Waals surface area contributed by atoms with Gasteiger partial charge < -0.3 is 5.11 Å². The summed E-state index contributed by atoms with van der Waals surface area (Å²) in [5, 5.41) is 31.6. The number of thioether (sulfide) groups is 1. The number of rotatable bonds is 7. The van der Waals surface area contributed by atoms with E-state index in [0.29, 0.717) is 11.8 Å². The van der Waals surface area contributed by atoms with Gasteiger partial charge in [-0.25, -0.2) is 0 Å². The summed E-state index contributed by atoms with van der Waals surface area (Å²) >= 11 is 0.686. The number of carbonyl (C=O) groups is 1. The SMILES string of the molecule is C=CCN1C(=O)/C(=C\c2cc([N+](=O)[O-])ccc2O)SC1=NS(=O)(=O)c1ccc([N+](=O)[O-])cc1. The molecule has 0 saturated carbocycles. The molecule has 2 aromatic carbocycles. The fraction of sp³-hybridized carbons (Fsp3) is 0.0526. The lowest BCUT2D eigenvalue weighted by Gasteiger charge is -2.12. The molecule has 0 unspecified atom stereocenters. The molecule has 1 heterocycles. The van der Waals surface area contributed by atoms with E-state index in [-0.39, 0.29) is 44.2 Å². The second kappa shape index (κ2) is 9.22. The van der Waals surface area contributed by atoms with Crippen molar-refractivity contribution in [3.63, 3.8) is 0 Å². The zero-order chi connectivity index (χ0) is 24.3. The number of aromatic hydroxyl groups is 1. The van der Waals surface area contributed by atoms with Crippen LogP contribution in [0.1, 0.15) is 5.56 Å². The molecule has 0 aliphatic carbocycles. The third-order valence-electron chi connectivity index (χ3n) is 4.25. The smallest absolute Gasteiger partial charge is 0.284 e. The maximum Gasteiger partial charge on any atom is 0.284 e. The Morgan fingerprint density at radius 3 is 2.27 bits per heavy atom. The first-order chi connectivity index (χ1) is 15.5. The number of phenolic OH excluding ortho intramolecular Hbond substituents is 1. The molecule has 0 bridgehead atoms. The number of non-ortho nitro benzene ring substituents is 2. The minimum atomic E-state index is -4.33. The number of sulfonamides is 1. The van der Waals surface area contributed by atoms with Gasteiger partial charge in [0.05, 0.1) is 19.6 Å². The number of benzene rings is 2. The lowest BCUT2D eigenvalue weighted by atomic mass is 10.1. The van der Waals surface area contributed by atoms with Crippen LogP contribution in [0.5, 0.6) is 5.75 Å². The molecule has 0 atom stereocenters. The minimum Gasteiger partial charge on any atom is -0.507 e. The Morgan fingerprint density at radius 1 is 1.09 bits per heavy atom. The summed E-state index contributed by atoms with van der Waals surface area (Å²) < 4.78 is 29.1. The average Bonchev–Trinajstić information content (AvgIpc) is 3.03. The summed E-state index contributed by atoms with van der Waals surface area (Å²) in [5.41, 5.74) is -0.631. The van der Waals surface area contributed by atoms with E-state index >= 15 is 0 Å². The molecule has 1 aliphatic heterocycles. The number of hydrogen-bond acceptors (Lipinski definition) is 9. The summed E-state index contributed by atoms with van der Waals surface area (Å²) in [5.74, 6) is -0.968. The molecule has 0 aromatic heterocycles. The fourth-order valence-corrected chi connectivity index (χ4v) is 4.85. The standard InChI is InChI=1S/C19H14N4O8S2/c1-2-9-21-18(25)17(11-12-10-14(23(28)29)5-8-16(12)24)32-19(21)20-33(30,31)15-6-3-13(4-7-15)22(26)27/h2-8,10-11,24H,1,9H2/b17-11+,20-19?. The van der Waals surface area contributed by atoms with Crippen molar-refractivity contribution in [2.24, 2.45) is 4.40 Å². The van der Waals surface area contributed by atoms with Crippen LogP contribution in [-0.2, 0) is 14.8 Å². The lowest BCUT2D eigenvalue weighted by Crippen LogP contribution is -2.29. The molecular formula is C19H14N4O8S2. The molecule has 2 aromatic rings. The van der Waals surface area contributed by atoms with Crippen LogP contribution in [0.2, 0.25) is 0 Å². The highest BCUT2D eigenvalue weighted by Gasteiger charge is 2.34. The Hall–Kier alpha value is -4.04. The van der Waals surface area contributed by atoms with Crippen molar-refractivity contribution < 1.29 is 28.2 Å². The highest BCUT2D eigenvalue weighted by molar-refractivity contribution is 8.19. The third kappa shape index (κ3) is 5.07. The van der Waals surface area contributed by atoms with E-state index in [1.54, 1.807) is 0 Å². The van der Waals surface area contributed by atoms with Gasteiger partial charge in [-0.15, -0.1) is 11.0 Å². The molecule has 1 saturated heterocycles. The number of nitro groups is 2. The van der Waals surface area contributed by atoms with E-state index in [1.165, 1.54) is 12.2 Å². The van der Waals surface area contributed by atoms with Gasteiger partial charge in [0, 0.05) is 36.4 Å². The Bertz CT molecular complexity index is 1330. The van der Waals surface area contributed by atoms with Gasteiger partial charge in [-0.3, -0.25) is 29.9 Å². The lowest BCUT2D eigenvalue weighted by molar-refractivity contribution is -0.385. The molecule has 3 rings (SSSR count). The normalized spacial score (nSPS) is 16.4. The summed E-state index contributed by atoms with van der Waals surface area (Å²) in [7, 11) is -4.33. The molecule has 1 N–H and O–H groups in total. The molecule has 1 amide bonds. The molecule has 1 fully saturated rings. The monoisotopic (exact) mass is 490 g/mol. The molecule has 170 valence electrons. The number of amides is 1. The van der Waals surface area contributed by atoms with E-state index in [2.05, 4.69) is 11.0 Å². The zero-order valence-corrected chi connectivity index (χ0v) is 18.2. The van der Waals surface area contributed by atoms with Gasteiger partial charge >= 0.3 is 0 Å². The quantitative estimate of drug-likeness (QED) is 0.265. The molecule has 14 heteroatoms. The summed E-state index contributed by atoms with van der Waals surface area (Å²) in [4.78, 5) is 33.9. The van der Waals surface area contributed by atoms with Crippen LogP contribution in [0, 0.1) is 20.2 Å². The van der Waals surface area contributed by atoms with Gasteiger partial charge in [-0.05, 0) is 36.0 Å². The Labute approximate surface area is 190 Å². The Kier molecular flexibility index (Phi) is 6.60. The van der Waals surface area contributed by atoms with E-state index in [0.717, 1.165) is 47.4 Å². The van der Waals surface area contributed by atoms with Gasteiger partial charge in [0.25, 0.3) is 27.3 Å². The van der Waals surface area contributed by atoms with Crippen molar-refractivity contribution in [3.8, 4) is 5.75 Å². The Morgan fingerprint density at radius 2 is 1.70 bits per heavy atom. The van der Waals surface area contributed by atoms with Crippen LogP contribution in [0.4, 0.5) is 11.4 Å². The molecule has 12 nitrogen and oxygen atoms in total. The van der Waals surface area contributed by atoms with Crippen LogP contribution in [0.25, 0.3) is 6.08 Å². The van der Waals surface area contributed by atoms with Gasteiger partial charge in [0.15, 0.2) is 5.17 Å². The highest BCUT2D eigenvalue weighted by Crippen LogP contribution is 2.36. The number of amidine groups is 1. The fourth-order valence-electron chi connectivity index (χ4n) is 2.67. The molecule has 1 aliphatic rings. The van der Waals surface area contributed by atoms with Crippen LogP contribution >= 0.6 is 11.8 Å². The van der Waals surface area contributed by atoms with Crippen molar-refractivity contribution >= 4 is 50.3 Å². The van der Waals surface area contributed by atoms with E-state index in [4.69, 9.17) is 0 Å². The summed E-state index contributed by atoms with van der Waals surface area (Å²) in [6.45, 7) is 3.44. The summed E-state index contributed by atoms with van der Waals surface area (Å²) in [6.07, 6.45) is 2.53. The second-order valence-corrected chi connectivity index (χ2v) is 9.03. The van der Waals surface area contributed by atoms with Gasteiger partial charge in [-0.1, -0.05) is 6.08 Å². The van der Waals surface area contributed by atoms with E-state index in [9.17, 15) is 38.5 Å². The first kappa shape index (κ1) is 23.6. The maximum absolute atomic E-state index is 12.8. The molecule has 0 spiro atoms. The van der Waals surface area contributed by atoms with E-state index in [1.807, 2.05) is 0 Å². The number of nitro benzene ring substituents is 2. The zero-order valence-electron chi connectivity index (χ0n) is 16.5. The topological polar surface area (TPSA) is 173 Å². The predicted octanol–water partition coefficient (Wildman–Crippen LogP) is 3.06. The third-order valence-corrected chi connectivity index (χ3v) is 6.66. The average molecular weight is 490 g/mol. The molecular weight excluding hydrogens is 476 g/mol. The maximum atomic E-state index is 12.8. The first-order valence-corrected chi connectivity index (χ1v) is 11.2. The number of nitrogens with zero attached hydrogens (tertiary/aromatic N) is 4. The number of carbonyl (C=O) groups excluding carboxylic acids is 1. The first-order valence-electron chi connectivity index (χ1n) is 8.92. The van der Waals surface area contributed by atoms with Gasteiger partial charge in [0.1, 0.15) is 5.75 Å². The predicted molar refractivity (Wildman–Crippen MR) is 120 cm³/mol. The van der Waals surface area contributed by atoms with Crippen molar-refractivity contribution in [1.29, 1.82) is 0 Å². The van der Waals surface area contributed by atoms with Crippen molar-refractivity contribution in [2.45, 2.75) is 4.90 Å². The molecule has 33 heavy (non-hydrogen) atoms. The van der Waals surface area contributed by atoms with Gasteiger partial charge in [-0.2, -0.15) is 8.42 Å². The highest BCUT2D eigenvalue weighted by atomic mass is 32.2. The number of phenols is 1. The number of hydrogen-bond donors (Lipinski definition) is 1. The van der Waals surface area contributed by atoms with Gasteiger partial charge in [0.2, 0.25) is 0 Å². The van der Waals surface area contributed by atoms with Crippen molar-refractivity contribution in [1.82, 2.24) is 4.90 Å². The van der Waals surface area contributed by atoms with Crippen LogP contribution in [-0.4, -0.2) is 45.9 Å². The molecule has 0 radical (unpaired) electrons. The Balaban J connectivity index is 2.01. The van der Waals surface area contributed by atoms with Crippen LogP contribution in [0.15, 0.2) is 69.3 Å². The van der Waals surface area contributed by atoms with Crippen LogP contribution in [0.3, 0.4) is 0 Å². The van der Waals surface area contributed by atoms with Crippen molar-refractivity contribution in [2.75, 3.05) is 6.54 Å². The van der Waals surface area contributed by atoms with Crippen LogP contribution < -0.4 is 0 Å². The van der Waals surface area contributed by atoms with Crippen molar-refractivity contribution in [3.05, 3.63) is 85.8 Å². The second-order valence-electron chi connectivity index (χ2n) is 6.42.